The Morgan fingerprint density at radius 1 is 1.11 bits per heavy atom. The van der Waals surface area contributed by atoms with Crippen LogP contribution in [-0.2, 0) is 22.6 Å². The number of benzene rings is 2. The van der Waals surface area contributed by atoms with Crippen LogP contribution in [0.1, 0.15) is 27.2 Å². The van der Waals surface area contributed by atoms with Gasteiger partial charge in [0.25, 0.3) is 11.5 Å². The van der Waals surface area contributed by atoms with Crippen molar-refractivity contribution in [3.05, 3.63) is 106 Å². The lowest BCUT2D eigenvalue weighted by Gasteiger charge is -2.21. The first kappa shape index (κ1) is 27.9. The third kappa shape index (κ3) is 6.00. The van der Waals surface area contributed by atoms with Gasteiger partial charge in [0, 0.05) is 17.9 Å². The van der Waals surface area contributed by atoms with E-state index in [1.54, 1.807) is 33.2 Å². The Labute approximate surface area is 212 Å². The standard InChI is InChI=1S/C26H26F3N3O4S/c1-5-23(31(3)4)37(35,36)21-12-10-18(11-13-21)16-30-24(33)22-14-9-17(2)32(25(22)34)20-8-6-7-19(15-20)26(27,28)29/h5-15,23H,1,16H2,2-4H3,(H,30,33). The molecule has 1 amide bonds. The molecule has 0 bridgehead atoms. The lowest BCUT2D eigenvalue weighted by molar-refractivity contribution is -0.137. The molecule has 3 aromatic rings. The summed E-state index contributed by atoms with van der Waals surface area (Å²) in [6.07, 6.45) is -3.26. The van der Waals surface area contributed by atoms with Crippen molar-refractivity contribution in [2.24, 2.45) is 0 Å². The number of rotatable bonds is 8. The van der Waals surface area contributed by atoms with Gasteiger partial charge in [-0.1, -0.05) is 24.3 Å². The number of carbonyl (C=O) groups excluding carboxylic acids is 1. The molecule has 1 heterocycles. The molecular formula is C26H26F3N3O4S. The van der Waals surface area contributed by atoms with Crippen LogP contribution in [0.3, 0.4) is 0 Å². The highest BCUT2D eigenvalue weighted by molar-refractivity contribution is 7.92. The molecule has 0 aliphatic heterocycles. The van der Waals surface area contributed by atoms with E-state index < -0.39 is 38.4 Å². The number of amides is 1. The second kappa shape index (κ2) is 10.7. The van der Waals surface area contributed by atoms with Crippen LogP contribution in [-0.4, -0.2) is 43.3 Å². The summed E-state index contributed by atoms with van der Waals surface area (Å²) in [7, 11) is -0.439. The van der Waals surface area contributed by atoms with Crippen LogP contribution in [0.25, 0.3) is 5.69 Å². The fourth-order valence-electron chi connectivity index (χ4n) is 3.77. The average Bonchev–Trinajstić information content (AvgIpc) is 2.82. The molecule has 3 rings (SSSR count). The molecule has 1 aromatic heterocycles. The number of aryl methyl sites for hydroxylation is 1. The maximum Gasteiger partial charge on any atom is 0.416 e. The van der Waals surface area contributed by atoms with E-state index in [-0.39, 0.29) is 22.7 Å². The normalized spacial score (nSPS) is 12.8. The van der Waals surface area contributed by atoms with E-state index in [1.807, 2.05) is 0 Å². The highest BCUT2D eigenvalue weighted by Gasteiger charge is 2.31. The highest BCUT2D eigenvalue weighted by atomic mass is 32.2. The van der Waals surface area contributed by atoms with Crippen molar-refractivity contribution in [2.45, 2.75) is 29.9 Å². The largest absolute Gasteiger partial charge is 0.416 e. The summed E-state index contributed by atoms with van der Waals surface area (Å²) < 4.78 is 66.0. The minimum atomic E-state index is -4.59. The zero-order valence-electron chi connectivity index (χ0n) is 20.4. The van der Waals surface area contributed by atoms with Crippen LogP contribution in [0, 0.1) is 6.92 Å². The molecule has 0 aliphatic carbocycles. The van der Waals surface area contributed by atoms with E-state index in [9.17, 15) is 31.2 Å². The average molecular weight is 534 g/mol. The van der Waals surface area contributed by atoms with Crippen LogP contribution in [0.5, 0.6) is 0 Å². The van der Waals surface area contributed by atoms with Crippen molar-refractivity contribution in [3.8, 4) is 5.69 Å². The number of carbonyl (C=O) groups is 1. The SMILES string of the molecule is C=CC(N(C)C)S(=O)(=O)c1ccc(CNC(=O)c2ccc(C)n(-c3cccc(C(F)(F)F)c3)c2=O)cc1. The smallest absolute Gasteiger partial charge is 0.348 e. The number of halogens is 3. The van der Waals surface area contributed by atoms with Gasteiger partial charge in [-0.2, -0.15) is 13.2 Å². The van der Waals surface area contributed by atoms with Gasteiger partial charge in [-0.25, -0.2) is 8.42 Å². The Morgan fingerprint density at radius 3 is 2.32 bits per heavy atom. The van der Waals surface area contributed by atoms with Crippen LogP contribution in [0.15, 0.2) is 83.0 Å². The molecule has 1 atom stereocenters. The van der Waals surface area contributed by atoms with Gasteiger partial charge in [-0.15, -0.1) is 6.58 Å². The fourth-order valence-corrected chi connectivity index (χ4v) is 5.38. The molecule has 1 N–H and O–H groups in total. The zero-order chi connectivity index (χ0) is 27.5. The number of hydrogen-bond acceptors (Lipinski definition) is 5. The first-order chi connectivity index (χ1) is 17.3. The molecule has 37 heavy (non-hydrogen) atoms. The Bertz CT molecular complexity index is 1480. The number of sulfone groups is 1. The number of aromatic nitrogens is 1. The first-order valence-corrected chi connectivity index (χ1v) is 12.6. The minimum absolute atomic E-state index is 0.00535. The van der Waals surface area contributed by atoms with Crippen molar-refractivity contribution < 1.29 is 26.4 Å². The van der Waals surface area contributed by atoms with Gasteiger partial charge >= 0.3 is 6.18 Å². The molecule has 2 aromatic carbocycles. The molecular weight excluding hydrogens is 507 g/mol. The van der Waals surface area contributed by atoms with E-state index in [0.717, 1.165) is 16.7 Å². The number of hydrogen-bond donors (Lipinski definition) is 1. The fraction of sp³-hybridized carbons (Fsp3) is 0.231. The first-order valence-electron chi connectivity index (χ1n) is 11.1. The third-order valence-corrected chi connectivity index (χ3v) is 7.87. The van der Waals surface area contributed by atoms with Crippen molar-refractivity contribution in [2.75, 3.05) is 14.1 Å². The van der Waals surface area contributed by atoms with Crippen LogP contribution >= 0.6 is 0 Å². The highest BCUT2D eigenvalue weighted by Crippen LogP contribution is 2.30. The van der Waals surface area contributed by atoms with E-state index >= 15 is 0 Å². The van der Waals surface area contributed by atoms with Crippen LogP contribution in [0.4, 0.5) is 13.2 Å². The minimum Gasteiger partial charge on any atom is -0.348 e. The van der Waals surface area contributed by atoms with Gasteiger partial charge in [0.05, 0.1) is 10.5 Å². The predicted octanol–water partition coefficient (Wildman–Crippen LogP) is 3.94. The number of nitrogens with one attached hydrogen (secondary N) is 1. The Morgan fingerprint density at radius 2 is 1.76 bits per heavy atom. The topological polar surface area (TPSA) is 88.5 Å². The second-order valence-corrected chi connectivity index (χ2v) is 10.6. The number of pyridine rings is 1. The Balaban J connectivity index is 1.82. The van der Waals surface area contributed by atoms with Gasteiger partial charge in [0.15, 0.2) is 9.84 Å². The Kier molecular flexibility index (Phi) is 8.09. The van der Waals surface area contributed by atoms with Gasteiger partial charge < -0.3 is 5.32 Å². The quantitative estimate of drug-likeness (QED) is 0.443. The zero-order valence-corrected chi connectivity index (χ0v) is 21.2. The Hall–Kier alpha value is -3.70. The maximum atomic E-state index is 13.1. The van der Waals surface area contributed by atoms with Crippen molar-refractivity contribution in [1.29, 1.82) is 0 Å². The summed E-state index contributed by atoms with van der Waals surface area (Å²) >= 11 is 0. The molecule has 1 unspecified atom stereocenters. The summed E-state index contributed by atoms with van der Waals surface area (Å²) in [6, 6.07) is 13.0. The molecule has 0 fully saturated rings. The monoisotopic (exact) mass is 533 g/mol. The van der Waals surface area contributed by atoms with Crippen molar-refractivity contribution >= 4 is 15.7 Å². The van der Waals surface area contributed by atoms with E-state index in [1.165, 1.54) is 47.4 Å². The molecule has 11 heteroatoms. The maximum absolute atomic E-state index is 13.1. The summed E-state index contributed by atoms with van der Waals surface area (Å²) in [5, 5.41) is 1.69. The molecule has 196 valence electrons. The van der Waals surface area contributed by atoms with Gasteiger partial charge in [0.1, 0.15) is 10.9 Å². The van der Waals surface area contributed by atoms with Crippen molar-refractivity contribution in [3.63, 3.8) is 0 Å². The predicted molar refractivity (Wildman–Crippen MR) is 134 cm³/mol. The van der Waals surface area contributed by atoms with Gasteiger partial charge in [-0.05, 0) is 69.0 Å². The number of alkyl halides is 3. The van der Waals surface area contributed by atoms with Gasteiger partial charge in [-0.3, -0.25) is 19.1 Å². The van der Waals surface area contributed by atoms with Gasteiger partial charge in [0.2, 0.25) is 0 Å². The molecule has 7 nitrogen and oxygen atoms in total. The summed E-state index contributed by atoms with van der Waals surface area (Å²) in [5.41, 5.74) is -1.01. The molecule has 0 radical (unpaired) electrons. The second-order valence-electron chi connectivity index (χ2n) is 8.54. The summed E-state index contributed by atoms with van der Waals surface area (Å²) in [6.45, 7) is 5.12. The molecule has 0 aliphatic rings. The van der Waals surface area contributed by atoms with Crippen LogP contribution in [0.2, 0.25) is 0 Å². The number of nitrogens with zero attached hydrogens (tertiary/aromatic N) is 2. The third-order valence-electron chi connectivity index (χ3n) is 5.69. The van der Waals surface area contributed by atoms with E-state index in [2.05, 4.69) is 11.9 Å². The lowest BCUT2D eigenvalue weighted by atomic mass is 10.1. The van der Waals surface area contributed by atoms with Crippen LogP contribution < -0.4 is 10.9 Å². The molecule has 0 saturated heterocycles. The lowest BCUT2D eigenvalue weighted by Crippen LogP contribution is -2.34. The summed E-state index contributed by atoms with van der Waals surface area (Å²) in [4.78, 5) is 27.4. The van der Waals surface area contributed by atoms with E-state index in [0.29, 0.717) is 11.3 Å². The van der Waals surface area contributed by atoms with Crippen molar-refractivity contribution in [1.82, 2.24) is 14.8 Å². The summed E-state index contributed by atoms with van der Waals surface area (Å²) in [5.74, 6) is -0.721. The van der Waals surface area contributed by atoms with E-state index in [4.69, 9.17) is 0 Å². The molecule has 0 spiro atoms. The number of likely N-dealkylation sites (N-methyl/N-ethyl adjacent to an activating group) is 1. The molecule has 0 saturated carbocycles.